The molecule has 0 aromatic carbocycles. The monoisotopic (exact) mass is 634 g/mol. The predicted molar refractivity (Wildman–Crippen MR) is 160 cm³/mol. The van der Waals surface area contributed by atoms with Gasteiger partial charge < -0.3 is 14.6 Å². The third kappa shape index (κ3) is 6.78. The third-order valence-corrected chi connectivity index (χ3v) is 11.0. The fraction of sp³-hybridized carbons (Fsp3) is 0.516. The van der Waals surface area contributed by atoms with Crippen LogP contribution in [0.1, 0.15) is 88.8 Å². The molecule has 0 radical (unpaired) electrons. The number of aromatic nitrogens is 2. The Balaban J connectivity index is 1.28. The largest absolute Gasteiger partial charge is 0.611 e. The van der Waals surface area contributed by atoms with E-state index in [2.05, 4.69) is 27.1 Å². The first-order valence-corrected chi connectivity index (χ1v) is 16.8. The van der Waals surface area contributed by atoms with E-state index in [1.165, 1.54) is 11.3 Å². The first-order chi connectivity index (χ1) is 20.4. The Hall–Kier alpha value is -2.51. The first-order valence-electron chi connectivity index (χ1n) is 14.7. The van der Waals surface area contributed by atoms with Crippen LogP contribution in [0.15, 0.2) is 41.4 Å². The van der Waals surface area contributed by atoms with Crippen LogP contribution in [0, 0.1) is 6.92 Å². The van der Waals surface area contributed by atoms with Crippen molar-refractivity contribution in [3.05, 3.63) is 74.5 Å². The maximum absolute atomic E-state index is 13.2. The van der Waals surface area contributed by atoms with E-state index in [4.69, 9.17) is 4.74 Å². The number of aryl methyl sites for hydroxylation is 1. The molecule has 1 spiro atoms. The van der Waals surface area contributed by atoms with E-state index in [1.807, 2.05) is 19.9 Å². The van der Waals surface area contributed by atoms with E-state index in [1.54, 1.807) is 31.3 Å². The molecule has 3 unspecified atom stereocenters. The van der Waals surface area contributed by atoms with Crippen LogP contribution in [0.25, 0.3) is 0 Å². The molecule has 2 aliphatic rings. The average molecular weight is 635 g/mol. The summed E-state index contributed by atoms with van der Waals surface area (Å²) in [6.07, 6.45) is 0.0696. The predicted octanol–water partition coefficient (Wildman–Crippen LogP) is 6.33. The second kappa shape index (κ2) is 12.8. The molecule has 43 heavy (non-hydrogen) atoms. The Bertz CT molecular complexity index is 1440. The van der Waals surface area contributed by atoms with Crippen LogP contribution >= 0.6 is 11.3 Å². The maximum Gasteiger partial charge on any atom is 0.433 e. The minimum atomic E-state index is -4.47. The number of amides is 1. The zero-order valence-corrected chi connectivity index (χ0v) is 26.4. The molecule has 1 fully saturated rings. The molecule has 3 aromatic rings. The number of carbonyl (C=O) groups excluding carboxylic acids is 1. The van der Waals surface area contributed by atoms with Crippen molar-refractivity contribution in [1.29, 1.82) is 0 Å². The number of fused-ring (bicyclic) bond motifs is 2. The standard InChI is InChI=1S/C31H37F3N4O3S2/c1-5-25(24-9-10-27(31(32,33)34)37-20(24)4)38-13-11-30(12-14-38)28-21(15-19(3)41-30)16-26(42-28)29(39)36-17-22-7-8-23(18-35-22)43(40)6-2/h7-10,16,18-19,25H,5-6,11-15,17H2,1-4H3,(H,36,39). The summed E-state index contributed by atoms with van der Waals surface area (Å²) in [4.78, 5) is 26.1. The lowest BCUT2D eigenvalue weighted by Crippen LogP contribution is -2.48. The van der Waals surface area contributed by atoms with E-state index in [0.717, 1.165) is 60.8 Å². The van der Waals surface area contributed by atoms with Crippen molar-refractivity contribution in [1.82, 2.24) is 20.2 Å². The van der Waals surface area contributed by atoms with Crippen LogP contribution in [0.4, 0.5) is 13.2 Å². The highest BCUT2D eigenvalue weighted by Crippen LogP contribution is 2.48. The number of nitrogens with zero attached hydrogens (tertiary/aromatic N) is 3. The first kappa shape index (κ1) is 31.9. The summed E-state index contributed by atoms with van der Waals surface area (Å²) in [5, 5.41) is 2.96. The summed E-state index contributed by atoms with van der Waals surface area (Å²) >= 11 is 0.411. The molecule has 232 valence electrons. The molecule has 5 heterocycles. The third-order valence-electron chi connectivity index (χ3n) is 8.34. The quantitative estimate of drug-likeness (QED) is 0.292. The van der Waals surface area contributed by atoms with Crippen molar-refractivity contribution >= 4 is 28.4 Å². The van der Waals surface area contributed by atoms with Gasteiger partial charge in [0.15, 0.2) is 4.90 Å². The number of pyridine rings is 2. The summed E-state index contributed by atoms with van der Waals surface area (Å²) in [6.45, 7) is 9.31. The highest BCUT2D eigenvalue weighted by atomic mass is 32.2. The lowest BCUT2D eigenvalue weighted by atomic mass is 9.83. The molecule has 3 atom stereocenters. The van der Waals surface area contributed by atoms with Gasteiger partial charge in [-0.15, -0.1) is 11.3 Å². The second-order valence-electron chi connectivity index (χ2n) is 11.2. The average Bonchev–Trinajstić information content (AvgIpc) is 3.42. The molecule has 12 heteroatoms. The fourth-order valence-electron chi connectivity index (χ4n) is 6.24. The van der Waals surface area contributed by atoms with Crippen molar-refractivity contribution in [2.45, 2.75) is 88.7 Å². The van der Waals surface area contributed by atoms with Gasteiger partial charge in [-0.2, -0.15) is 13.2 Å². The number of nitrogens with one attached hydrogen (secondary N) is 1. The van der Waals surface area contributed by atoms with Crippen LogP contribution in [0.3, 0.4) is 0 Å². The lowest BCUT2D eigenvalue weighted by Gasteiger charge is -2.47. The topological polar surface area (TPSA) is 90.4 Å². The molecule has 0 bridgehead atoms. The number of hydrogen-bond donors (Lipinski definition) is 1. The second-order valence-corrected chi connectivity index (χ2v) is 14.0. The molecule has 1 saturated heterocycles. The van der Waals surface area contributed by atoms with E-state index in [-0.39, 0.29) is 24.6 Å². The van der Waals surface area contributed by atoms with Gasteiger partial charge in [0.2, 0.25) is 0 Å². The lowest BCUT2D eigenvalue weighted by molar-refractivity contribution is -0.141. The van der Waals surface area contributed by atoms with Crippen molar-refractivity contribution in [3.8, 4) is 0 Å². The van der Waals surface area contributed by atoms with E-state index in [0.29, 0.717) is 26.9 Å². The van der Waals surface area contributed by atoms with Crippen LogP contribution in [-0.2, 0) is 40.7 Å². The number of rotatable bonds is 8. The highest BCUT2D eigenvalue weighted by molar-refractivity contribution is 7.91. The summed E-state index contributed by atoms with van der Waals surface area (Å²) < 4.78 is 58.2. The molecule has 7 nitrogen and oxygen atoms in total. The van der Waals surface area contributed by atoms with Gasteiger partial charge in [-0.05, 0) is 93.0 Å². The summed E-state index contributed by atoms with van der Waals surface area (Å²) in [5.74, 6) is 0.358. The van der Waals surface area contributed by atoms with Gasteiger partial charge in [0.05, 0.1) is 29.4 Å². The van der Waals surface area contributed by atoms with E-state index in [9.17, 15) is 22.5 Å². The highest BCUT2D eigenvalue weighted by Gasteiger charge is 2.45. The molecular formula is C31H37F3N4O3S2. The number of piperidine rings is 1. The van der Waals surface area contributed by atoms with Crippen molar-refractivity contribution < 1.29 is 27.3 Å². The molecule has 5 rings (SSSR count). The fourth-order valence-corrected chi connectivity index (χ4v) is 8.26. The van der Waals surface area contributed by atoms with Gasteiger partial charge in [0.25, 0.3) is 5.91 Å². The maximum atomic E-state index is 13.2. The minimum Gasteiger partial charge on any atom is -0.611 e. The zero-order valence-electron chi connectivity index (χ0n) is 24.8. The van der Waals surface area contributed by atoms with Gasteiger partial charge in [0, 0.05) is 29.7 Å². The van der Waals surface area contributed by atoms with E-state index < -0.39 is 28.6 Å². The van der Waals surface area contributed by atoms with Gasteiger partial charge in [0.1, 0.15) is 17.0 Å². The summed E-state index contributed by atoms with van der Waals surface area (Å²) in [6, 6.07) is 8.16. The van der Waals surface area contributed by atoms with Gasteiger partial charge in [-0.25, -0.2) is 4.98 Å². The van der Waals surface area contributed by atoms with E-state index >= 15 is 0 Å². The molecular weight excluding hydrogens is 597 g/mol. The smallest absolute Gasteiger partial charge is 0.433 e. The van der Waals surface area contributed by atoms with Crippen LogP contribution in [-0.4, -0.2) is 50.3 Å². The van der Waals surface area contributed by atoms with Crippen LogP contribution in [0.2, 0.25) is 0 Å². The minimum absolute atomic E-state index is 0.00396. The molecule has 0 saturated carbocycles. The number of carbonyl (C=O) groups is 1. The SMILES string of the molecule is CCC(c1ccc(C(F)(F)F)nc1C)N1CCC2(CC1)OC(C)Cc1cc(C(=O)NCc3ccc([S+]([O-])CC)cn3)sc12. The Morgan fingerprint density at radius 2 is 2.00 bits per heavy atom. The Labute approximate surface area is 257 Å². The van der Waals surface area contributed by atoms with Crippen molar-refractivity contribution in [2.24, 2.45) is 0 Å². The molecule has 2 aliphatic heterocycles. The Kier molecular flexibility index (Phi) is 9.53. The number of ether oxygens (including phenoxy) is 1. The van der Waals surface area contributed by atoms with Gasteiger partial charge in [-0.1, -0.05) is 13.0 Å². The number of likely N-dealkylation sites (tertiary alicyclic amines) is 1. The Morgan fingerprint density at radius 1 is 1.26 bits per heavy atom. The van der Waals surface area contributed by atoms with Crippen molar-refractivity contribution in [2.75, 3.05) is 18.8 Å². The van der Waals surface area contributed by atoms with Crippen molar-refractivity contribution in [3.63, 3.8) is 0 Å². The number of hydrogen-bond acceptors (Lipinski definition) is 7. The van der Waals surface area contributed by atoms with Crippen LogP contribution in [0.5, 0.6) is 0 Å². The Morgan fingerprint density at radius 3 is 2.60 bits per heavy atom. The normalized spacial score (nSPS) is 20.0. The summed E-state index contributed by atoms with van der Waals surface area (Å²) in [5.41, 5.74) is 1.70. The molecule has 3 aromatic heterocycles. The van der Waals surface area contributed by atoms with Gasteiger partial charge >= 0.3 is 6.18 Å². The van der Waals surface area contributed by atoms with Crippen LogP contribution < -0.4 is 5.32 Å². The molecule has 1 amide bonds. The van der Waals surface area contributed by atoms with Gasteiger partial charge in [-0.3, -0.25) is 14.7 Å². The molecule has 0 aliphatic carbocycles. The number of halogens is 3. The number of thiophene rings is 1. The number of alkyl halides is 3. The zero-order chi connectivity index (χ0) is 30.9. The summed E-state index contributed by atoms with van der Waals surface area (Å²) in [7, 11) is 0. The molecule has 1 N–H and O–H groups in total.